The molecule has 2 aliphatic rings. The Morgan fingerprint density at radius 3 is 2.24 bits per heavy atom. The van der Waals surface area contributed by atoms with Gasteiger partial charge in [0.15, 0.2) is 0 Å². The van der Waals surface area contributed by atoms with Crippen molar-refractivity contribution in [1.82, 2.24) is 9.88 Å². The lowest BCUT2D eigenvalue weighted by Crippen LogP contribution is -2.43. The molecule has 3 atom stereocenters. The molecule has 0 saturated carbocycles. The lowest BCUT2D eigenvalue weighted by molar-refractivity contribution is -0.193. The van der Waals surface area contributed by atoms with Crippen molar-refractivity contribution in [2.24, 2.45) is 0 Å². The molecule has 0 unspecified atom stereocenters. The molecule has 2 saturated heterocycles. The Morgan fingerprint density at radius 2 is 1.71 bits per heavy atom. The highest BCUT2D eigenvalue weighted by atomic mass is 32.1. The maximum absolute atomic E-state index is 10.6. The van der Waals surface area contributed by atoms with Crippen LogP contribution in [0.1, 0.15) is 30.4 Å². The number of thiophene rings is 1. The molecule has 2 fully saturated rings. The fourth-order valence-corrected chi connectivity index (χ4v) is 4.47. The number of aromatic nitrogens is 1. The van der Waals surface area contributed by atoms with Gasteiger partial charge >= 0.3 is 24.3 Å². The van der Waals surface area contributed by atoms with E-state index in [0.29, 0.717) is 25.4 Å². The molecule has 212 valence electrons. The van der Waals surface area contributed by atoms with Gasteiger partial charge in [0.05, 0.1) is 25.4 Å². The molecule has 2 aromatic heterocycles. The van der Waals surface area contributed by atoms with E-state index in [-0.39, 0.29) is 6.10 Å². The first-order valence-corrected chi connectivity index (χ1v) is 12.2. The third-order valence-electron chi connectivity index (χ3n) is 5.50. The highest BCUT2D eigenvalue weighted by Gasteiger charge is 2.40. The first kappa shape index (κ1) is 31.5. The normalized spacial score (nSPS) is 21.4. The Bertz CT molecular complexity index is 967. The zero-order chi connectivity index (χ0) is 28.3. The van der Waals surface area contributed by atoms with Gasteiger partial charge in [0.2, 0.25) is 0 Å². The number of halogens is 6. The highest BCUT2D eigenvalue weighted by molar-refractivity contribution is 7.07. The van der Waals surface area contributed by atoms with Gasteiger partial charge in [0, 0.05) is 31.5 Å². The van der Waals surface area contributed by atoms with Crippen molar-refractivity contribution < 1.29 is 55.6 Å². The minimum Gasteiger partial charge on any atom is -0.475 e. The third-order valence-corrected chi connectivity index (χ3v) is 6.23. The minimum atomic E-state index is -5.08. The van der Waals surface area contributed by atoms with Gasteiger partial charge in [-0.25, -0.2) is 9.59 Å². The summed E-state index contributed by atoms with van der Waals surface area (Å²) in [5.74, 6) is -5.51. The van der Waals surface area contributed by atoms with E-state index in [4.69, 9.17) is 29.3 Å². The fourth-order valence-electron chi connectivity index (χ4n) is 3.81. The molecule has 2 N–H and O–H groups in total. The summed E-state index contributed by atoms with van der Waals surface area (Å²) in [6, 6.07) is 6.81. The average Bonchev–Trinajstić information content (AvgIpc) is 3.50. The molecule has 15 heteroatoms. The van der Waals surface area contributed by atoms with Crippen LogP contribution < -0.4 is 0 Å². The Kier molecular flexibility index (Phi) is 11.9. The third kappa shape index (κ3) is 10.9. The van der Waals surface area contributed by atoms with Crippen LogP contribution in [0.4, 0.5) is 26.3 Å². The zero-order valence-electron chi connectivity index (χ0n) is 19.8. The fraction of sp³-hybridized carbons (Fsp3) is 0.522. The van der Waals surface area contributed by atoms with Gasteiger partial charge in [0.1, 0.15) is 0 Å². The molecule has 2 aromatic rings. The maximum Gasteiger partial charge on any atom is 0.490 e. The Balaban J connectivity index is 0.000000301. The minimum absolute atomic E-state index is 0.240. The van der Waals surface area contributed by atoms with E-state index in [2.05, 4.69) is 26.7 Å². The molecular formula is C23H26F6N2O6S. The first-order valence-electron chi connectivity index (χ1n) is 11.2. The first-order chi connectivity index (χ1) is 17.8. The van der Waals surface area contributed by atoms with Crippen LogP contribution in [0.2, 0.25) is 0 Å². The van der Waals surface area contributed by atoms with Gasteiger partial charge in [-0.15, -0.1) is 0 Å². The zero-order valence-corrected chi connectivity index (χ0v) is 20.6. The molecule has 0 amide bonds. The second kappa shape index (κ2) is 14.4. The molecule has 0 aromatic carbocycles. The van der Waals surface area contributed by atoms with E-state index in [1.165, 1.54) is 12.0 Å². The number of hydrogen-bond acceptors (Lipinski definition) is 7. The van der Waals surface area contributed by atoms with Crippen molar-refractivity contribution >= 4 is 23.3 Å². The number of rotatable bonds is 6. The summed E-state index contributed by atoms with van der Waals surface area (Å²) in [6.07, 6.45) is -2.45. The molecular weight excluding hydrogens is 546 g/mol. The second-order valence-electron chi connectivity index (χ2n) is 8.31. The van der Waals surface area contributed by atoms with E-state index in [1.54, 1.807) is 17.5 Å². The van der Waals surface area contributed by atoms with E-state index >= 15 is 0 Å². The van der Waals surface area contributed by atoms with Crippen LogP contribution >= 0.6 is 11.3 Å². The monoisotopic (exact) mass is 572 g/mol. The van der Waals surface area contributed by atoms with Crippen LogP contribution in [0.25, 0.3) is 0 Å². The Labute approximate surface area is 217 Å². The number of carbonyl (C=O) groups is 2. The highest BCUT2D eigenvalue weighted by Crippen LogP contribution is 2.32. The number of carboxylic acids is 2. The van der Waals surface area contributed by atoms with E-state index in [0.717, 1.165) is 31.5 Å². The lowest BCUT2D eigenvalue weighted by atomic mass is 9.99. The van der Waals surface area contributed by atoms with Crippen LogP contribution in [-0.4, -0.2) is 75.8 Å². The number of hydrogen-bond donors (Lipinski definition) is 2. The second-order valence-corrected chi connectivity index (χ2v) is 9.09. The van der Waals surface area contributed by atoms with Crippen LogP contribution in [-0.2, 0) is 32.2 Å². The molecule has 8 nitrogen and oxygen atoms in total. The number of aliphatic carboxylic acids is 2. The molecule has 0 radical (unpaired) electrons. The van der Waals surface area contributed by atoms with Gasteiger partial charge in [-0.1, -0.05) is 6.07 Å². The van der Waals surface area contributed by atoms with Gasteiger partial charge in [-0.3, -0.25) is 9.88 Å². The van der Waals surface area contributed by atoms with E-state index < -0.39 is 24.3 Å². The molecule has 4 heterocycles. The largest absolute Gasteiger partial charge is 0.490 e. The number of nitrogens with zero attached hydrogens (tertiary/aromatic N) is 2. The van der Waals surface area contributed by atoms with Crippen LogP contribution in [0.3, 0.4) is 0 Å². The topological polar surface area (TPSA) is 109 Å². The Hall–Kier alpha value is -2.75. The van der Waals surface area contributed by atoms with Crippen molar-refractivity contribution in [3.05, 3.63) is 52.5 Å². The summed E-state index contributed by atoms with van der Waals surface area (Å²) in [4.78, 5) is 24.5. The Morgan fingerprint density at radius 1 is 1.05 bits per heavy atom. The lowest BCUT2D eigenvalue weighted by Gasteiger charge is -2.36. The van der Waals surface area contributed by atoms with Gasteiger partial charge < -0.3 is 19.7 Å². The molecule has 0 bridgehead atoms. The van der Waals surface area contributed by atoms with Crippen LogP contribution in [0.5, 0.6) is 0 Å². The number of pyridine rings is 1. The quantitative estimate of drug-likeness (QED) is 0.478. The summed E-state index contributed by atoms with van der Waals surface area (Å²) in [5.41, 5.74) is 2.55. The van der Waals surface area contributed by atoms with Crippen LogP contribution in [0, 0.1) is 0 Å². The standard InChI is InChI=1S/C19H24N2O2S.2C2HF3O2/c1-2-15(10-20-7-1)12-22-13-17-3-4-18-19(23-17)5-8-21(18)11-16-6-9-24-14-16;2*3-2(4,5)1(6)7/h1-2,6-7,9-10,14,17-19H,3-5,8,11-13H2;2*(H,6,7)/t17-,18+,19+;;/m1../s1. The summed E-state index contributed by atoms with van der Waals surface area (Å²) in [5, 5.41) is 18.7. The summed E-state index contributed by atoms with van der Waals surface area (Å²) in [6.45, 7) is 3.51. The number of fused-ring (bicyclic) bond motifs is 1. The van der Waals surface area contributed by atoms with E-state index in [9.17, 15) is 26.3 Å². The van der Waals surface area contributed by atoms with Gasteiger partial charge in [0.25, 0.3) is 0 Å². The average molecular weight is 573 g/mol. The number of ether oxygens (including phenoxy) is 2. The predicted molar refractivity (Wildman–Crippen MR) is 122 cm³/mol. The van der Waals surface area contributed by atoms with Crippen molar-refractivity contribution in [3.8, 4) is 0 Å². The van der Waals surface area contributed by atoms with Gasteiger partial charge in [-0.05, 0) is 53.3 Å². The number of likely N-dealkylation sites (tertiary alicyclic amines) is 1. The van der Waals surface area contributed by atoms with Crippen molar-refractivity contribution in [2.75, 3.05) is 13.2 Å². The summed E-state index contributed by atoms with van der Waals surface area (Å²) < 4.78 is 75.6. The number of carboxylic acid groups (broad SMARTS) is 2. The number of alkyl halides is 6. The molecule has 2 aliphatic heterocycles. The molecule has 0 aliphatic carbocycles. The smallest absolute Gasteiger partial charge is 0.475 e. The summed E-state index contributed by atoms with van der Waals surface area (Å²) >= 11 is 1.78. The van der Waals surface area contributed by atoms with Crippen molar-refractivity contribution in [3.63, 3.8) is 0 Å². The van der Waals surface area contributed by atoms with Crippen LogP contribution in [0.15, 0.2) is 41.4 Å². The van der Waals surface area contributed by atoms with Gasteiger partial charge in [-0.2, -0.15) is 37.7 Å². The SMILES string of the molecule is O=C(O)C(F)(F)F.O=C(O)C(F)(F)F.c1cncc(COC[C@H]2CC[C@H]3[C@H](CCN3Cc3ccsc3)O2)c1. The van der Waals surface area contributed by atoms with E-state index in [1.807, 2.05) is 18.3 Å². The summed E-state index contributed by atoms with van der Waals surface area (Å²) in [7, 11) is 0. The molecule has 38 heavy (non-hydrogen) atoms. The maximum atomic E-state index is 10.6. The molecule has 0 spiro atoms. The predicted octanol–water partition coefficient (Wildman–Crippen LogP) is 4.75. The molecule has 4 rings (SSSR count). The van der Waals surface area contributed by atoms with Crippen molar-refractivity contribution in [2.45, 2.75) is 63.0 Å². The van der Waals surface area contributed by atoms with Crippen molar-refractivity contribution in [1.29, 1.82) is 0 Å².